The number of halogens is 3. The van der Waals surface area contributed by atoms with Gasteiger partial charge in [-0.05, 0) is 60.2 Å². The number of hydrogen-bond donors (Lipinski definition) is 1. The molecule has 3 aromatic carbocycles. The third kappa shape index (κ3) is 6.88. The smallest absolute Gasteiger partial charge is 0.346 e. The second-order valence-electron chi connectivity index (χ2n) is 6.81. The van der Waals surface area contributed by atoms with E-state index >= 15 is 0 Å². The van der Waals surface area contributed by atoms with E-state index in [4.69, 9.17) is 9.47 Å². The van der Waals surface area contributed by atoms with Crippen molar-refractivity contribution in [3.63, 3.8) is 0 Å². The summed E-state index contributed by atoms with van der Waals surface area (Å²) in [6.45, 7) is 0. The second kappa shape index (κ2) is 11.8. The molecule has 0 unspecified atom stereocenters. The third-order valence-electron chi connectivity index (χ3n) is 4.50. The van der Waals surface area contributed by atoms with E-state index in [9.17, 15) is 28.0 Å². The fourth-order valence-corrected chi connectivity index (χ4v) is 3.37. The number of thioether (sulfide) groups is 1. The van der Waals surface area contributed by atoms with Crippen molar-refractivity contribution in [1.82, 2.24) is 0 Å². The summed E-state index contributed by atoms with van der Waals surface area (Å²) in [5.74, 6) is -4.79. The number of nitrogens with one attached hydrogen (secondary N) is 1. The molecule has 0 bridgehead atoms. The van der Waals surface area contributed by atoms with Crippen LogP contribution in [0.4, 0.5) is 18.9 Å². The molecule has 0 saturated heterocycles. The predicted octanol–water partition coefficient (Wildman–Crippen LogP) is 5.91. The van der Waals surface area contributed by atoms with Crippen molar-refractivity contribution < 1.29 is 32.2 Å². The topological polar surface area (TPSA) is 88.4 Å². The number of nitrogens with zero attached hydrogens (tertiary/aromatic N) is 1. The summed E-state index contributed by atoms with van der Waals surface area (Å²) in [6, 6.07) is 17.2. The van der Waals surface area contributed by atoms with Gasteiger partial charge < -0.3 is 14.8 Å². The van der Waals surface area contributed by atoms with Crippen LogP contribution in [-0.4, -0.2) is 24.7 Å². The van der Waals surface area contributed by atoms with Crippen LogP contribution < -0.4 is 14.8 Å². The van der Waals surface area contributed by atoms with Gasteiger partial charge in [0.25, 0.3) is 11.7 Å². The van der Waals surface area contributed by atoms with Crippen LogP contribution in [0.25, 0.3) is 6.08 Å². The highest BCUT2D eigenvalue weighted by Crippen LogP contribution is 2.30. The lowest BCUT2D eigenvalue weighted by molar-refractivity contribution is -0.112. The summed E-state index contributed by atoms with van der Waals surface area (Å²) in [7, 11) is 1.33. The zero-order valence-corrected chi connectivity index (χ0v) is 18.9. The molecule has 0 aliphatic carbocycles. The Labute approximate surface area is 203 Å². The van der Waals surface area contributed by atoms with E-state index in [1.165, 1.54) is 73.8 Å². The highest BCUT2D eigenvalue weighted by atomic mass is 32.2. The highest BCUT2D eigenvalue weighted by molar-refractivity contribution is 7.99. The lowest BCUT2D eigenvalue weighted by Crippen LogP contribution is -2.13. The first-order valence-electron chi connectivity index (χ1n) is 9.93. The predicted molar refractivity (Wildman–Crippen MR) is 125 cm³/mol. The number of carbonyl (C=O) groups excluding carboxylic acids is 2. The molecule has 0 aromatic heterocycles. The molecule has 1 N–H and O–H groups in total. The molecule has 0 aliphatic rings. The number of ether oxygens (including phenoxy) is 2. The number of hydrogen-bond acceptors (Lipinski definition) is 6. The minimum atomic E-state index is -2.56. The molecule has 178 valence electrons. The molecule has 6 nitrogen and oxygen atoms in total. The van der Waals surface area contributed by atoms with E-state index in [1.807, 2.05) is 0 Å². The molecule has 1 amide bonds. The number of alkyl halides is 2. The molecule has 0 aliphatic heterocycles. The van der Waals surface area contributed by atoms with Gasteiger partial charge in [-0.3, -0.25) is 4.79 Å². The van der Waals surface area contributed by atoms with Gasteiger partial charge in [0, 0.05) is 10.6 Å². The van der Waals surface area contributed by atoms with E-state index in [2.05, 4.69) is 5.32 Å². The van der Waals surface area contributed by atoms with Crippen LogP contribution in [0.5, 0.6) is 11.5 Å². The number of rotatable bonds is 8. The van der Waals surface area contributed by atoms with Gasteiger partial charge >= 0.3 is 5.97 Å². The van der Waals surface area contributed by atoms with Gasteiger partial charge in [0.05, 0.1) is 12.7 Å². The molecular weight excluding hydrogens is 481 g/mol. The Hall–Kier alpha value is -4.23. The van der Waals surface area contributed by atoms with E-state index < -0.39 is 23.5 Å². The largest absolute Gasteiger partial charge is 0.493 e. The summed E-state index contributed by atoms with van der Waals surface area (Å²) < 4.78 is 49.1. The molecule has 0 saturated carbocycles. The van der Waals surface area contributed by atoms with Gasteiger partial charge in [-0.25, -0.2) is 9.18 Å². The van der Waals surface area contributed by atoms with Crippen molar-refractivity contribution in [2.75, 3.05) is 12.4 Å². The molecule has 0 spiro atoms. The standard InChI is InChI=1S/C25H17F3N2O4S/c1-33-22-13-15(6-11-21(22)34-24(32)19-4-2-3-5-20(19)26)12-16(14-29)23(31)30-17-7-9-18(10-8-17)35-25(27)28/h2-13,25H,1H3,(H,30,31)/b16-12+. The van der Waals surface area contributed by atoms with Crippen molar-refractivity contribution in [3.8, 4) is 17.6 Å². The van der Waals surface area contributed by atoms with E-state index in [1.54, 1.807) is 6.07 Å². The third-order valence-corrected chi connectivity index (χ3v) is 5.22. The Bertz CT molecular complexity index is 1300. The van der Waals surface area contributed by atoms with Crippen molar-refractivity contribution >= 4 is 35.4 Å². The maximum absolute atomic E-state index is 13.8. The van der Waals surface area contributed by atoms with Crippen LogP contribution in [0.1, 0.15) is 15.9 Å². The normalized spacial score (nSPS) is 11.0. The monoisotopic (exact) mass is 498 g/mol. The van der Waals surface area contributed by atoms with E-state index in [0.29, 0.717) is 27.9 Å². The average Bonchev–Trinajstić information content (AvgIpc) is 2.84. The molecule has 3 aromatic rings. The van der Waals surface area contributed by atoms with Crippen LogP contribution in [0.3, 0.4) is 0 Å². The first-order valence-corrected chi connectivity index (χ1v) is 10.8. The van der Waals surface area contributed by atoms with Gasteiger partial charge in [0.2, 0.25) is 0 Å². The number of amides is 1. The Morgan fingerprint density at radius 3 is 2.40 bits per heavy atom. The van der Waals surface area contributed by atoms with Crippen molar-refractivity contribution in [2.24, 2.45) is 0 Å². The van der Waals surface area contributed by atoms with Gasteiger partial charge in [0.15, 0.2) is 11.5 Å². The van der Waals surface area contributed by atoms with Crippen LogP contribution >= 0.6 is 11.8 Å². The van der Waals surface area contributed by atoms with Gasteiger partial charge in [-0.1, -0.05) is 30.0 Å². The van der Waals surface area contributed by atoms with Crippen molar-refractivity contribution in [3.05, 3.63) is 89.2 Å². The van der Waals surface area contributed by atoms with Gasteiger partial charge in [0.1, 0.15) is 17.5 Å². The molecule has 0 radical (unpaired) electrons. The zero-order valence-electron chi connectivity index (χ0n) is 18.1. The first-order chi connectivity index (χ1) is 16.8. The average molecular weight is 498 g/mol. The Kier molecular flexibility index (Phi) is 8.53. The van der Waals surface area contributed by atoms with Crippen molar-refractivity contribution in [2.45, 2.75) is 10.7 Å². The maximum Gasteiger partial charge on any atom is 0.346 e. The summed E-state index contributed by atoms with van der Waals surface area (Å²) in [6.07, 6.45) is 1.29. The van der Waals surface area contributed by atoms with Gasteiger partial charge in [-0.2, -0.15) is 14.0 Å². The SMILES string of the molecule is COc1cc(/C=C(\C#N)C(=O)Nc2ccc(SC(F)F)cc2)ccc1OC(=O)c1ccccc1F. The lowest BCUT2D eigenvalue weighted by Gasteiger charge is -2.11. The highest BCUT2D eigenvalue weighted by Gasteiger charge is 2.17. The number of benzene rings is 3. The summed E-state index contributed by atoms with van der Waals surface area (Å²) in [5, 5.41) is 11.9. The molecule has 3 rings (SSSR count). The number of nitriles is 1. The molecule has 10 heteroatoms. The summed E-state index contributed by atoms with van der Waals surface area (Å²) in [5.41, 5.74) is 0.225. The molecule has 0 atom stereocenters. The number of carbonyl (C=O) groups is 2. The Morgan fingerprint density at radius 1 is 1.06 bits per heavy atom. The quantitative estimate of drug-likeness (QED) is 0.137. The fraction of sp³-hybridized carbons (Fsp3) is 0.0800. The minimum absolute atomic E-state index is 0.0163. The zero-order chi connectivity index (χ0) is 25.4. The molecule has 0 fully saturated rings. The van der Waals surface area contributed by atoms with Gasteiger partial charge in [-0.15, -0.1) is 0 Å². The molecule has 35 heavy (non-hydrogen) atoms. The summed E-state index contributed by atoms with van der Waals surface area (Å²) in [4.78, 5) is 25.1. The second-order valence-corrected chi connectivity index (χ2v) is 7.87. The molecular formula is C25H17F3N2O4S. The minimum Gasteiger partial charge on any atom is -0.493 e. The summed E-state index contributed by atoms with van der Waals surface area (Å²) >= 11 is 0.375. The Morgan fingerprint density at radius 2 is 1.77 bits per heavy atom. The number of anilines is 1. The first kappa shape index (κ1) is 25.4. The fourth-order valence-electron chi connectivity index (χ4n) is 2.87. The number of esters is 1. The number of methoxy groups -OCH3 is 1. The maximum atomic E-state index is 13.8. The van der Waals surface area contributed by atoms with Crippen molar-refractivity contribution in [1.29, 1.82) is 5.26 Å². The Balaban J connectivity index is 1.75. The van der Waals surface area contributed by atoms with E-state index in [0.717, 1.165) is 6.07 Å². The van der Waals surface area contributed by atoms with Crippen LogP contribution in [0.15, 0.2) is 77.2 Å². The lowest BCUT2D eigenvalue weighted by atomic mass is 10.1. The van der Waals surface area contributed by atoms with E-state index in [-0.39, 0.29) is 22.6 Å². The molecule has 0 heterocycles. The van der Waals surface area contributed by atoms with Crippen LogP contribution in [0.2, 0.25) is 0 Å². The van der Waals surface area contributed by atoms with Crippen LogP contribution in [-0.2, 0) is 4.79 Å². The van der Waals surface area contributed by atoms with Crippen LogP contribution in [0, 0.1) is 17.1 Å².